The van der Waals surface area contributed by atoms with Crippen molar-refractivity contribution in [2.24, 2.45) is 0 Å². The Bertz CT molecular complexity index is 967. The lowest BCUT2D eigenvalue weighted by Crippen LogP contribution is -2.53. The molecule has 10 heteroatoms. The summed E-state index contributed by atoms with van der Waals surface area (Å²) in [6.07, 6.45) is -3.03. The van der Waals surface area contributed by atoms with E-state index in [1.807, 2.05) is 23.1 Å². The van der Waals surface area contributed by atoms with E-state index < -0.39 is 28.7 Å². The predicted molar refractivity (Wildman–Crippen MR) is 111 cm³/mol. The van der Waals surface area contributed by atoms with Crippen molar-refractivity contribution in [3.63, 3.8) is 0 Å². The number of halogens is 3. The molecule has 1 aliphatic heterocycles. The Morgan fingerprint density at radius 1 is 1.26 bits per heavy atom. The van der Waals surface area contributed by atoms with Crippen molar-refractivity contribution in [3.05, 3.63) is 53.2 Å². The van der Waals surface area contributed by atoms with Gasteiger partial charge in [0.2, 0.25) is 0 Å². The maximum absolute atomic E-state index is 13.1. The van der Waals surface area contributed by atoms with Crippen LogP contribution in [0.3, 0.4) is 0 Å². The SMILES string of the molecule is CCC1CN(S(=O)c2ccc(C)c(CC(=O)O)c2)CCN1c1ccc(C(F)(F)F)cn1. The zero-order valence-electron chi connectivity index (χ0n) is 17.2. The van der Waals surface area contributed by atoms with Crippen LogP contribution in [-0.4, -0.2) is 50.3 Å². The maximum Gasteiger partial charge on any atom is 0.417 e. The highest BCUT2D eigenvalue weighted by atomic mass is 32.2. The zero-order valence-corrected chi connectivity index (χ0v) is 18.0. The third-order valence-corrected chi connectivity index (χ3v) is 6.84. The van der Waals surface area contributed by atoms with Crippen LogP contribution in [0.25, 0.3) is 0 Å². The maximum atomic E-state index is 13.1. The summed E-state index contributed by atoms with van der Waals surface area (Å²) in [4.78, 5) is 17.6. The average Bonchev–Trinajstić information content (AvgIpc) is 2.73. The van der Waals surface area contributed by atoms with Gasteiger partial charge in [-0.3, -0.25) is 4.79 Å². The van der Waals surface area contributed by atoms with Crippen molar-refractivity contribution in [3.8, 4) is 0 Å². The van der Waals surface area contributed by atoms with Crippen LogP contribution in [0.1, 0.15) is 30.0 Å². The van der Waals surface area contributed by atoms with Gasteiger partial charge in [0.1, 0.15) is 16.8 Å². The summed E-state index contributed by atoms with van der Waals surface area (Å²) in [5, 5.41) is 9.08. The topological polar surface area (TPSA) is 73.7 Å². The normalized spacial score (nSPS) is 18.7. The van der Waals surface area contributed by atoms with E-state index in [1.54, 1.807) is 18.2 Å². The van der Waals surface area contributed by atoms with Crippen molar-refractivity contribution >= 4 is 22.8 Å². The molecule has 2 aromatic rings. The number of anilines is 1. The van der Waals surface area contributed by atoms with E-state index in [0.29, 0.717) is 42.3 Å². The number of hydrogen-bond donors (Lipinski definition) is 1. The van der Waals surface area contributed by atoms with Crippen molar-refractivity contribution in [1.29, 1.82) is 0 Å². The van der Waals surface area contributed by atoms with Crippen molar-refractivity contribution < 1.29 is 27.3 Å². The summed E-state index contributed by atoms with van der Waals surface area (Å²) < 4.78 is 53.4. The van der Waals surface area contributed by atoms with Gasteiger partial charge in [-0.2, -0.15) is 13.2 Å². The minimum Gasteiger partial charge on any atom is -0.481 e. The number of carbonyl (C=O) groups is 1. The van der Waals surface area contributed by atoms with Gasteiger partial charge in [-0.05, 0) is 48.7 Å². The molecule has 1 aromatic heterocycles. The fourth-order valence-corrected chi connectivity index (χ4v) is 4.89. The Morgan fingerprint density at radius 3 is 2.58 bits per heavy atom. The summed E-state index contributed by atoms with van der Waals surface area (Å²) in [5.74, 6) is -0.487. The number of aryl methyl sites for hydroxylation is 1. The second kappa shape index (κ2) is 9.35. The van der Waals surface area contributed by atoms with Gasteiger partial charge in [0, 0.05) is 31.9 Å². The minimum absolute atomic E-state index is 0.0640. The quantitative estimate of drug-likeness (QED) is 0.720. The van der Waals surface area contributed by atoms with Gasteiger partial charge in [0.25, 0.3) is 0 Å². The molecule has 168 valence electrons. The first kappa shape index (κ1) is 23.2. The lowest BCUT2D eigenvalue weighted by molar-refractivity contribution is -0.138. The summed E-state index contributed by atoms with van der Waals surface area (Å²) >= 11 is 0. The first-order valence-corrected chi connectivity index (χ1v) is 11.0. The molecule has 1 N–H and O–H groups in total. The molecule has 0 radical (unpaired) electrons. The number of nitrogens with zero attached hydrogens (tertiary/aromatic N) is 3. The molecule has 0 spiro atoms. The van der Waals surface area contributed by atoms with Crippen LogP contribution in [-0.2, 0) is 28.4 Å². The van der Waals surface area contributed by atoms with E-state index in [1.165, 1.54) is 6.07 Å². The Balaban J connectivity index is 1.75. The van der Waals surface area contributed by atoms with Gasteiger partial charge in [0.15, 0.2) is 0 Å². The molecule has 1 fully saturated rings. The Kier molecular flexibility index (Phi) is 7.00. The smallest absolute Gasteiger partial charge is 0.417 e. The highest BCUT2D eigenvalue weighted by Gasteiger charge is 2.33. The minimum atomic E-state index is -4.43. The van der Waals surface area contributed by atoms with Crippen LogP contribution >= 0.6 is 0 Å². The Hall–Kier alpha value is -2.46. The molecule has 1 saturated heterocycles. The molecule has 0 bridgehead atoms. The highest BCUT2D eigenvalue weighted by Crippen LogP contribution is 2.30. The van der Waals surface area contributed by atoms with Gasteiger partial charge in [-0.25, -0.2) is 13.5 Å². The number of aliphatic carboxylic acids is 1. The van der Waals surface area contributed by atoms with Crippen molar-refractivity contribution in [2.75, 3.05) is 24.5 Å². The number of benzene rings is 1. The first-order valence-electron chi connectivity index (χ1n) is 9.88. The van der Waals surface area contributed by atoms with Crippen LogP contribution in [0.2, 0.25) is 0 Å². The van der Waals surface area contributed by atoms with Crippen molar-refractivity contribution in [1.82, 2.24) is 9.29 Å². The lowest BCUT2D eigenvalue weighted by Gasteiger charge is -2.41. The van der Waals surface area contributed by atoms with Crippen molar-refractivity contribution in [2.45, 2.75) is 43.8 Å². The summed E-state index contributed by atoms with van der Waals surface area (Å²) in [5.41, 5.74) is 0.659. The second-order valence-electron chi connectivity index (χ2n) is 7.45. The molecule has 31 heavy (non-hydrogen) atoms. The molecular weight excluding hydrogens is 431 g/mol. The second-order valence-corrected chi connectivity index (χ2v) is 8.94. The Morgan fingerprint density at radius 2 is 2.00 bits per heavy atom. The number of carboxylic acids is 1. The van der Waals surface area contributed by atoms with Gasteiger partial charge in [0.05, 0.1) is 16.9 Å². The number of rotatable bonds is 6. The average molecular weight is 456 g/mol. The van der Waals surface area contributed by atoms with Crippen LogP contribution in [0.5, 0.6) is 0 Å². The first-order chi connectivity index (χ1) is 14.6. The molecule has 1 aromatic carbocycles. The van der Waals surface area contributed by atoms with E-state index in [9.17, 15) is 22.2 Å². The van der Waals surface area contributed by atoms with Crippen LogP contribution in [0.4, 0.5) is 19.0 Å². The number of piperazine rings is 1. The fourth-order valence-electron chi connectivity index (χ4n) is 3.61. The van der Waals surface area contributed by atoms with E-state index in [-0.39, 0.29) is 12.5 Å². The van der Waals surface area contributed by atoms with E-state index in [2.05, 4.69) is 4.98 Å². The molecule has 0 amide bonds. The zero-order chi connectivity index (χ0) is 22.8. The monoisotopic (exact) mass is 455 g/mol. The third-order valence-electron chi connectivity index (χ3n) is 5.38. The fraction of sp³-hybridized carbons (Fsp3) is 0.429. The van der Waals surface area contributed by atoms with Crippen LogP contribution in [0, 0.1) is 6.92 Å². The van der Waals surface area contributed by atoms with Crippen LogP contribution < -0.4 is 4.90 Å². The molecular formula is C21H24F3N3O3S. The number of alkyl halides is 3. The number of aromatic nitrogens is 1. The molecule has 2 unspecified atom stereocenters. The number of carboxylic acid groups (broad SMARTS) is 1. The summed E-state index contributed by atoms with van der Waals surface area (Å²) in [7, 11) is -1.47. The number of hydrogen-bond acceptors (Lipinski definition) is 4. The van der Waals surface area contributed by atoms with Gasteiger partial charge in [-0.15, -0.1) is 0 Å². The molecule has 2 atom stereocenters. The van der Waals surface area contributed by atoms with Gasteiger partial charge < -0.3 is 10.0 Å². The largest absolute Gasteiger partial charge is 0.481 e. The summed E-state index contributed by atoms with van der Waals surface area (Å²) in [6.45, 7) is 5.14. The summed E-state index contributed by atoms with van der Waals surface area (Å²) in [6, 6.07) is 7.51. The standard InChI is InChI=1S/C21H24F3N3O3S/c1-3-17-13-26(31(30)18-6-4-14(2)15(10-18)11-20(28)29)8-9-27(17)19-7-5-16(12-25-19)21(22,23)24/h4-7,10,12,17H,3,8-9,11,13H2,1-2H3,(H,28,29). The molecule has 2 heterocycles. The van der Waals surface area contributed by atoms with E-state index >= 15 is 0 Å². The predicted octanol–water partition coefficient (Wildman–Crippen LogP) is 3.66. The number of pyridine rings is 1. The molecule has 0 saturated carbocycles. The molecule has 1 aliphatic rings. The Labute approximate surface area is 181 Å². The highest BCUT2D eigenvalue weighted by molar-refractivity contribution is 7.82. The molecule has 6 nitrogen and oxygen atoms in total. The van der Waals surface area contributed by atoms with E-state index in [4.69, 9.17) is 5.11 Å². The van der Waals surface area contributed by atoms with Crippen LogP contribution in [0.15, 0.2) is 41.4 Å². The molecule has 3 rings (SSSR count). The molecule has 0 aliphatic carbocycles. The lowest BCUT2D eigenvalue weighted by atomic mass is 10.1. The third kappa shape index (κ3) is 5.43. The van der Waals surface area contributed by atoms with E-state index in [0.717, 1.165) is 17.8 Å². The van der Waals surface area contributed by atoms with Gasteiger partial charge >= 0.3 is 12.1 Å². The van der Waals surface area contributed by atoms with Gasteiger partial charge in [-0.1, -0.05) is 13.0 Å².